The number of carbonyl (C=O) groups is 1. The molecule has 0 radical (unpaired) electrons. The van der Waals surface area contributed by atoms with E-state index >= 15 is 0 Å². The number of hydrogen-bond acceptors (Lipinski definition) is 6. The number of hydrogen-bond donors (Lipinski definition) is 1. The third kappa shape index (κ3) is 3.14. The van der Waals surface area contributed by atoms with Gasteiger partial charge >= 0.3 is 0 Å². The first kappa shape index (κ1) is 17.5. The highest BCUT2D eigenvalue weighted by molar-refractivity contribution is 5.95. The molecule has 7 heteroatoms. The lowest BCUT2D eigenvalue weighted by Gasteiger charge is -2.12. The van der Waals surface area contributed by atoms with Crippen molar-refractivity contribution < 1.29 is 4.79 Å². The van der Waals surface area contributed by atoms with E-state index in [4.69, 9.17) is 5.73 Å². The molecule has 0 atom stereocenters. The highest BCUT2D eigenvalue weighted by atomic mass is 16.2. The molecule has 4 aromatic heterocycles. The third-order valence-electron chi connectivity index (χ3n) is 4.47. The van der Waals surface area contributed by atoms with E-state index < -0.39 is 0 Å². The SMILES string of the molecule is CN(C)C(=O)c1ccc(-c2cc(-c3ccnc4ccncc34)cnc2N)nc1. The first-order valence-corrected chi connectivity index (χ1v) is 8.67. The number of nitrogens with zero attached hydrogens (tertiary/aromatic N) is 5. The van der Waals surface area contributed by atoms with Gasteiger partial charge in [0.25, 0.3) is 5.91 Å². The number of amides is 1. The monoisotopic (exact) mass is 370 g/mol. The Labute approximate surface area is 161 Å². The molecule has 0 bridgehead atoms. The van der Waals surface area contributed by atoms with E-state index in [1.54, 1.807) is 57.2 Å². The topological polar surface area (TPSA) is 97.9 Å². The van der Waals surface area contributed by atoms with Gasteiger partial charge in [0.1, 0.15) is 5.82 Å². The average molecular weight is 370 g/mol. The summed E-state index contributed by atoms with van der Waals surface area (Å²) in [7, 11) is 3.41. The summed E-state index contributed by atoms with van der Waals surface area (Å²) in [5.41, 5.74) is 10.7. The van der Waals surface area contributed by atoms with Crippen LogP contribution in [0.15, 0.2) is 61.3 Å². The van der Waals surface area contributed by atoms with Crippen LogP contribution in [0.1, 0.15) is 10.4 Å². The van der Waals surface area contributed by atoms with Crippen molar-refractivity contribution in [2.75, 3.05) is 19.8 Å². The van der Waals surface area contributed by atoms with Crippen molar-refractivity contribution in [2.45, 2.75) is 0 Å². The van der Waals surface area contributed by atoms with E-state index in [9.17, 15) is 4.79 Å². The van der Waals surface area contributed by atoms with Gasteiger partial charge in [0, 0.05) is 61.6 Å². The Morgan fingerprint density at radius 2 is 1.79 bits per heavy atom. The maximum absolute atomic E-state index is 12.1. The van der Waals surface area contributed by atoms with Gasteiger partial charge < -0.3 is 10.6 Å². The summed E-state index contributed by atoms with van der Waals surface area (Å²) in [5, 5.41) is 0.933. The van der Waals surface area contributed by atoms with Crippen molar-refractivity contribution in [1.82, 2.24) is 24.8 Å². The van der Waals surface area contributed by atoms with E-state index in [0.717, 1.165) is 22.0 Å². The fourth-order valence-electron chi connectivity index (χ4n) is 3.01. The van der Waals surface area contributed by atoms with Gasteiger partial charge in [0.2, 0.25) is 0 Å². The smallest absolute Gasteiger partial charge is 0.254 e. The lowest BCUT2D eigenvalue weighted by atomic mass is 10.0. The lowest BCUT2D eigenvalue weighted by molar-refractivity contribution is 0.0827. The maximum Gasteiger partial charge on any atom is 0.254 e. The van der Waals surface area contributed by atoms with Crippen LogP contribution in [0.5, 0.6) is 0 Å². The molecule has 0 aliphatic carbocycles. The third-order valence-corrected chi connectivity index (χ3v) is 4.47. The predicted molar refractivity (Wildman–Crippen MR) is 108 cm³/mol. The molecule has 0 aliphatic rings. The van der Waals surface area contributed by atoms with Gasteiger partial charge in [-0.25, -0.2) is 4.98 Å². The van der Waals surface area contributed by atoms with Crippen molar-refractivity contribution in [3.05, 3.63) is 66.9 Å². The molecule has 0 saturated carbocycles. The van der Waals surface area contributed by atoms with Crippen LogP contribution in [-0.4, -0.2) is 44.8 Å². The van der Waals surface area contributed by atoms with E-state index in [-0.39, 0.29) is 5.91 Å². The molecule has 1 amide bonds. The number of rotatable bonds is 3. The van der Waals surface area contributed by atoms with E-state index in [1.165, 1.54) is 4.90 Å². The molecular formula is C21H18N6O. The van der Waals surface area contributed by atoms with Crippen LogP contribution in [0.2, 0.25) is 0 Å². The van der Waals surface area contributed by atoms with Crippen molar-refractivity contribution in [3.63, 3.8) is 0 Å². The highest BCUT2D eigenvalue weighted by Crippen LogP contribution is 2.31. The molecule has 0 saturated heterocycles. The number of nitrogen functional groups attached to an aromatic ring is 1. The Morgan fingerprint density at radius 3 is 2.54 bits per heavy atom. The van der Waals surface area contributed by atoms with Gasteiger partial charge in [-0.05, 0) is 35.9 Å². The molecule has 2 N–H and O–H groups in total. The van der Waals surface area contributed by atoms with Gasteiger partial charge in [-0.15, -0.1) is 0 Å². The Hall–Kier alpha value is -3.87. The second-order valence-corrected chi connectivity index (χ2v) is 6.54. The van der Waals surface area contributed by atoms with Gasteiger partial charge in [-0.1, -0.05) is 0 Å². The molecule has 0 spiro atoms. The van der Waals surface area contributed by atoms with Crippen molar-refractivity contribution in [2.24, 2.45) is 0 Å². The number of anilines is 1. The summed E-state index contributed by atoms with van der Waals surface area (Å²) in [4.78, 5) is 30.9. The molecule has 0 fully saturated rings. The molecule has 0 aromatic carbocycles. The second-order valence-electron chi connectivity index (χ2n) is 6.54. The molecule has 138 valence electrons. The Bertz CT molecular complexity index is 1170. The summed E-state index contributed by atoms with van der Waals surface area (Å²) in [6.45, 7) is 0. The normalized spacial score (nSPS) is 10.8. The van der Waals surface area contributed by atoms with Gasteiger partial charge in [0.15, 0.2) is 0 Å². The van der Waals surface area contributed by atoms with Gasteiger partial charge in [-0.3, -0.25) is 19.7 Å². The number of carbonyl (C=O) groups excluding carboxylic acids is 1. The largest absolute Gasteiger partial charge is 0.383 e. The zero-order valence-corrected chi connectivity index (χ0v) is 15.5. The summed E-state index contributed by atoms with van der Waals surface area (Å²) in [5.74, 6) is 0.272. The highest BCUT2D eigenvalue weighted by Gasteiger charge is 2.13. The number of aromatic nitrogens is 4. The molecule has 4 rings (SSSR count). The van der Waals surface area contributed by atoms with E-state index in [0.29, 0.717) is 22.6 Å². The first-order valence-electron chi connectivity index (χ1n) is 8.67. The van der Waals surface area contributed by atoms with Crippen LogP contribution in [0.3, 0.4) is 0 Å². The lowest BCUT2D eigenvalue weighted by Crippen LogP contribution is -2.21. The number of fused-ring (bicyclic) bond motifs is 1. The fourth-order valence-corrected chi connectivity index (χ4v) is 3.01. The van der Waals surface area contributed by atoms with Gasteiger partial charge in [0.05, 0.1) is 16.8 Å². The molecule has 7 nitrogen and oxygen atoms in total. The summed E-state index contributed by atoms with van der Waals surface area (Å²) < 4.78 is 0. The Kier molecular flexibility index (Phi) is 4.41. The van der Waals surface area contributed by atoms with Crippen LogP contribution < -0.4 is 5.73 Å². The molecule has 0 aliphatic heterocycles. The molecule has 0 unspecified atom stereocenters. The summed E-state index contributed by atoms with van der Waals surface area (Å²) >= 11 is 0. The fraction of sp³-hybridized carbons (Fsp3) is 0.0952. The summed E-state index contributed by atoms with van der Waals surface area (Å²) in [6.07, 6.45) is 8.54. The minimum atomic E-state index is -0.102. The number of pyridine rings is 4. The first-order chi connectivity index (χ1) is 13.5. The maximum atomic E-state index is 12.1. The minimum absolute atomic E-state index is 0.102. The molecular weight excluding hydrogens is 352 g/mol. The van der Waals surface area contributed by atoms with E-state index in [1.807, 2.05) is 18.2 Å². The van der Waals surface area contributed by atoms with Gasteiger partial charge in [-0.2, -0.15) is 0 Å². The van der Waals surface area contributed by atoms with Crippen LogP contribution in [0.25, 0.3) is 33.3 Å². The number of nitrogens with two attached hydrogens (primary N) is 1. The Morgan fingerprint density at radius 1 is 0.929 bits per heavy atom. The van der Waals surface area contributed by atoms with Crippen molar-refractivity contribution in [3.8, 4) is 22.4 Å². The van der Waals surface area contributed by atoms with Crippen LogP contribution in [0.4, 0.5) is 5.82 Å². The minimum Gasteiger partial charge on any atom is -0.383 e. The van der Waals surface area contributed by atoms with Crippen LogP contribution in [-0.2, 0) is 0 Å². The zero-order chi connectivity index (χ0) is 19.7. The van der Waals surface area contributed by atoms with Crippen LogP contribution in [0, 0.1) is 0 Å². The molecule has 4 aromatic rings. The quantitative estimate of drug-likeness (QED) is 0.595. The zero-order valence-electron chi connectivity index (χ0n) is 15.5. The molecule has 28 heavy (non-hydrogen) atoms. The van der Waals surface area contributed by atoms with Crippen molar-refractivity contribution in [1.29, 1.82) is 0 Å². The summed E-state index contributed by atoms with van der Waals surface area (Å²) in [6, 6.07) is 9.25. The standard InChI is InChI=1S/C21H18N6O/c1-27(2)21(28)13-3-4-18(25-10-13)16-9-14(11-26-20(16)22)15-5-8-24-19-6-7-23-12-17(15)19/h3-12H,1-2H3,(H2,22,26). The second kappa shape index (κ2) is 7.03. The Balaban J connectivity index is 1.79. The molecule has 4 heterocycles. The predicted octanol–water partition coefficient (Wildman–Crippen LogP) is 3.04. The average Bonchev–Trinajstić information content (AvgIpc) is 2.73. The van der Waals surface area contributed by atoms with Crippen molar-refractivity contribution >= 4 is 22.6 Å². The van der Waals surface area contributed by atoms with Crippen LogP contribution >= 0.6 is 0 Å². The van der Waals surface area contributed by atoms with E-state index in [2.05, 4.69) is 19.9 Å².